The molecule has 32 heteroatoms. The second kappa shape index (κ2) is 34.7. The van der Waals surface area contributed by atoms with E-state index < -0.39 is 194 Å². The minimum Gasteiger partial charge on any atom is -0.481 e. The quantitative estimate of drug-likeness (QED) is 0.0277. The van der Waals surface area contributed by atoms with Gasteiger partial charge < -0.3 is 90.4 Å². The van der Waals surface area contributed by atoms with Gasteiger partial charge in [-0.1, -0.05) is 27.7 Å². The summed E-state index contributed by atoms with van der Waals surface area (Å²) in [5, 5.41) is 61.5. The number of carboxylic acids is 2. The Morgan fingerprint density at radius 3 is 1.50 bits per heavy atom. The fourth-order valence-electron chi connectivity index (χ4n) is 8.04. The van der Waals surface area contributed by atoms with E-state index in [-0.39, 0.29) is 44.6 Å². The first kappa shape index (κ1) is 70.8. The first-order valence-corrected chi connectivity index (χ1v) is 27.2. The van der Waals surface area contributed by atoms with Crippen molar-refractivity contribution in [3.8, 4) is 0 Å². The van der Waals surface area contributed by atoms with Gasteiger partial charge in [-0.3, -0.25) is 62.3 Å². The molecule has 452 valence electrons. The highest BCUT2D eigenvalue weighted by molar-refractivity contribution is 7.98. The smallest absolute Gasteiger partial charge is 0.326 e. The summed E-state index contributed by atoms with van der Waals surface area (Å²) in [4.78, 5) is 184. The van der Waals surface area contributed by atoms with Gasteiger partial charge in [0.2, 0.25) is 70.9 Å². The fourth-order valence-corrected chi connectivity index (χ4v) is 8.51. The van der Waals surface area contributed by atoms with Crippen molar-refractivity contribution in [2.75, 3.05) is 25.1 Å². The van der Waals surface area contributed by atoms with Crippen molar-refractivity contribution < 1.29 is 87.5 Å². The first-order chi connectivity index (χ1) is 37.2. The molecule has 0 aromatic heterocycles. The van der Waals surface area contributed by atoms with E-state index in [4.69, 9.17) is 17.2 Å². The number of carboxylic acid groups (broad SMARTS) is 2. The van der Waals surface area contributed by atoms with Crippen LogP contribution in [0.25, 0.3) is 0 Å². The summed E-state index contributed by atoms with van der Waals surface area (Å²) < 4.78 is 0. The number of nitrogens with zero attached hydrogens (tertiary/aromatic N) is 1. The Labute approximate surface area is 466 Å². The second-order valence-electron chi connectivity index (χ2n) is 20.2. The lowest BCUT2D eigenvalue weighted by Crippen LogP contribution is -2.62. The molecule has 0 aromatic carbocycles. The van der Waals surface area contributed by atoms with E-state index in [1.165, 1.54) is 25.6 Å². The van der Waals surface area contributed by atoms with Gasteiger partial charge in [-0.15, -0.1) is 0 Å². The maximum atomic E-state index is 14.0. The van der Waals surface area contributed by atoms with E-state index in [0.29, 0.717) is 5.75 Å². The van der Waals surface area contributed by atoms with Crippen LogP contribution >= 0.6 is 11.8 Å². The highest BCUT2D eigenvalue weighted by Crippen LogP contribution is 2.21. The van der Waals surface area contributed by atoms with Crippen LogP contribution in [0, 0.1) is 11.8 Å². The van der Waals surface area contributed by atoms with Crippen LogP contribution in [0.2, 0.25) is 0 Å². The topological polar surface area (TPSA) is 509 Å². The monoisotopic (exact) mass is 1160 g/mol. The Morgan fingerprint density at radius 1 is 0.550 bits per heavy atom. The van der Waals surface area contributed by atoms with E-state index in [0.717, 1.165) is 11.8 Å². The number of aliphatic hydroxyl groups is 2. The molecule has 12 amide bonds. The fraction of sp³-hybridized carbons (Fsp3) is 0.708. The summed E-state index contributed by atoms with van der Waals surface area (Å²) in [7, 11) is 0. The number of nitrogens with one attached hydrogen (secondary N) is 9. The molecule has 1 saturated heterocycles. The third kappa shape index (κ3) is 24.9. The Hall–Kier alpha value is -7.19. The number of aliphatic carboxylic acids is 2. The van der Waals surface area contributed by atoms with Crippen molar-refractivity contribution >= 4 is 94.6 Å². The maximum absolute atomic E-state index is 14.0. The van der Waals surface area contributed by atoms with E-state index in [1.54, 1.807) is 34.0 Å². The molecule has 0 bridgehead atoms. The molecule has 0 saturated carbocycles. The standard InChI is InChI=1S/C48H81N13O18S/c1-21(2)16-28(42(72)56-29(18-34(51)65)44(74)59-37(24(6)62)46(76)54-27(13-15-80-8)41(71)58-31(48(78)79)17-22(3)4)55-43(73)30(19-36(67)68)57-40(70)26(11-12-33(50)64)53-45(75)32-10-9-14-61(32)47(77)38(25(7)63)60-39(69)23(5)52-35(66)20-49/h21-32,37-38,62-63H,9-20,49H2,1-8H3,(H2,50,64)(H2,51,65)(H,52,66)(H,53,75)(H,54,76)(H,55,73)(H,56,72)(H,57,70)(H,58,71)(H,59,74)(H,60,69)(H,67,68)(H,78,79)/t23-,24+,25+,26-,27-,28-,29-,30-,31-,32-,37-,38-/m0/s1. The van der Waals surface area contributed by atoms with Crippen LogP contribution < -0.4 is 65.1 Å². The molecular weight excluding hydrogens is 1080 g/mol. The van der Waals surface area contributed by atoms with Gasteiger partial charge in [0.1, 0.15) is 60.4 Å². The molecule has 12 atom stereocenters. The van der Waals surface area contributed by atoms with Crippen LogP contribution in [0.15, 0.2) is 0 Å². The Morgan fingerprint density at radius 2 is 1.01 bits per heavy atom. The van der Waals surface area contributed by atoms with Crippen LogP contribution in [0.3, 0.4) is 0 Å². The number of hydrogen-bond donors (Lipinski definition) is 16. The average molecular weight is 1160 g/mol. The van der Waals surface area contributed by atoms with Crippen molar-refractivity contribution in [1.82, 2.24) is 52.8 Å². The summed E-state index contributed by atoms with van der Waals surface area (Å²) in [6, 6.07) is -16.0. The number of primary amides is 2. The Balaban J connectivity index is 3.46. The number of nitrogens with two attached hydrogens (primary N) is 3. The third-order valence-electron chi connectivity index (χ3n) is 12.2. The molecule has 1 aliphatic heterocycles. The highest BCUT2D eigenvalue weighted by Gasteiger charge is 2.42. The van der Waals surface area contributed by atoms with Gasteiger partial charge in [0.05, 0.1) is 31.6 Å². The molecule has 1 aliphatic rings. The minimum absolute atomic E-state index is 0.00259. The lowest BCUT2D eigenvalue weighted by atomic mass is 10.0. The molecule has 1 fully saturated rings. The number of thioether (sulfide) groups is 1. The van der Waals surface area contributed by atoms with E-state index in [2.05, 4.69) is 47.9 Å². The molecule has 0 radical (unpaired) electrons. The van der Waals surface area contributed by atoms with Gasteiger partial charge in [-0.25, -0.2) is 4.79 Å². The Bertz CT molecular complexity index is 2240. The zero-order valence-corrected chi connectivity index (χ0v) is 47.0. The summed E-state index contributed by atoms with van der Waals surface area (Å²) >= 11 is 1.30. The maximum Gasteiger partial charge on any atom is 0.326 e. The number of rotatable bonds is 36. The van der Waals surface area contributed by atoms with E-state index >= 15 is 0 Å². The second-order valence-corrected chi connectivity index (χ2v) is 21.1. The molecule has 0 aromatic rings. The summed E-state index contributed by atoms with van der Waals surface area (Å²) in [5.74, 6) is -15.7. The SMILES string of the molecule is CSCC[C@H](NC(=O)[C@@H](NC(=O)[C@H](CC(N)=O)NC(=O)[C@H](CC(C)C)NC(=O)[C@H](CC(=O)O)NC(=O)[C@H](CCC(N)=O)NC(=O)[C@@H]1CCCN1C(=O)[C@@H](NC(=O)[C@H](C)NC(=O)CN)[C@@H](C)O)[C@@H](C)O)C(=O)N[C@@H](CC(C)C)C(=O)O. The van der Waals surface area contributed by atoms with Gasteiger partial charge in [-0.2, -0.15) is 11.8 Å². The molecule has 31 nitrogen and oxygen atoms in total. The van der Waals surface area contributed by atoms with Crippen LogP contribution in [0.1, 0.15) is 106 Å². The van der Waals surface area contributed by atoms with Crippen LogP contribution in [-0.4, -0.2) is 206 Å². The number of carbonyl (C=O) groups excluding carboxylic acids is 12. The van der Waals surface area contributed by atoms with Gasteiger partial charge in [0, 0.05) is 13.0 Å². The largest absolute Gasteiger partial charge is 0.481 e. The zero-order valence-electron chi connectivity index (χ0n) is 46.2. The minimum atomic E-state index is -2.02. The van der Waals surface area contributed by atoms with Crippen LogP contribution in [0.4, 0.5) is 0 Å². The summed E-state index contributed by atoms with van der Waals surface area (Å²) in [5.41, 5.74) is 16.0. The van der Waals surface area contributed by atoms with Gasteiger partial charge in [-0.05, 0) is 83.1 Å². The predicted molar refractivity (Wildman–Crippen MR) is 284 cm³/mol. The molecule has 19 N–H and O–H groups in total. The molecule has 1 heterocycles. The lowest BCUT2D eigenvalue weighted by molar-refractivity contribution is -0.144. The van der Waals surface area contributed by atoms with Crippen molar-refractivity contribution in [2.45, 2.75) is 179 Å². The van der Waals surface area contributed by atoms with Gasteiger partial charge in [0.25, 0.3) is 0 Å². The van der Waals surface area contributed by atoms with E-state index in [9.17, 15) is 87.5 Å². The number of carbonyl (C=O) groups is 14. The molecule has 0 aliphatic carbocycles. The average Bonchev–Trinajstić information content (AvgIpc) is 3.85. The van der Waals surface area contributed by atoms with Crippen molar-refractivity contribution in [3.05, 3.63) is 0 Å². The Kier molecular flexibility index (Phi) is 30.8. The number of aliphatic hydroxyl groups excluding tert-OH is 2. The molecule has 1 rings (SSSR count). The molecule has 80 heavy (non-hydrogen) atoms. The number of amides is 12. The molecule has 0 spiro atoms. The molecule has 0 unspecified atom stereocenters. The van der Waals surface area contributed by atoms with E-state index in [1.807, 2.05) is 0 Å². The first-order valence-electron chi connectivity index (χ1n) is 25.8. The van der Waals surface area contributed by atoms with Gasteiger partial charge in [0.15, 0.2) is 0 Å². The predicted octanol–water partition coefficient (Wildman–Crippen LogP) is -6.37. The van der Waals surface area contributed by atoms with Crippen molar-refractivity contribution in [1.29, 1.82) is 0 Å². The normalized spacial score (nSPS) is 17.2. The molecular formula is C48H81N13O18S. The zero-order chi connectivity index (χ0) is 61.3. The summed E-state index contributed by atoms with van der Waals surface area (Å²) in [6.07, 6.45) is -4.58. The van der Waals surface area contributed by atoms with Crippen molar-refractivity contribution in [2.24, 2.45) is 29.0 Å². The summed E-state index contributed by atoms with van der Waals surface area (Å²) in [6.45, 7) is 9.78. The number of likely N-dealkylation sites (tertiary alicyclic amines) is 1. The third-order valence-corrected chi connectivity index (χ3v) is 12.8. The van der Waals surface area contributed by atoms with Crippen molar-refractivity contribution in [3.63, 3.8) is 0 Å². The van der Waals surface area contributed by atoms with Crippen LogP contribution in [0.5, 0.6) is 0 Å². The van der Waals surface area contributed by atoms with Crippen LogP contribution in [-0.2, 0) is 67.1 Å². The lowest BCUT2D eigenvalue weighted by Gasteiger charge is -2.31. The highest BCUT2D eigenvalue weighted by atomic mass is 32.2. The van der Waals surface area contributed by atoms with Gasteiger partial charge >= 0.3 is 11.9 Å². The number of hydrogen-bond acceptors (Lipinski definition) is 18.